The number of nitrogens with zero attached hydrogens (tertiary/aromatic N) is 3. The standard InChI is InChI=1S/C30H39N3O5S2/c1-28(2,3)22-10-9-19(13-23(22)37-8)26(34)33-24(25-31-11-12-40-25)20(16-36-7)14-30(33,15-21-17-39-18-32-21)27(35)38-29(4,5)6/h9-13,17-18,20,24H,14-16H2,1-8H3/t20-,24-,30-/m1/s1. The lowest BCUT2D eigenvalue weighted by atomic mass is 9.85. The smallest absolute Gasteiger partial charge is 0.333 e. The third-order valence-corrected chi connectivity index (χ3v) is 8.56. The highest BCUT2D eigenvalue weighted by Gasteiger charge is 2.61. The molecule has 1 aliphatic heterocycles. The van der Waals surface area contributed by atoms with E-state index in [4.69, 9.17) is 14.2 Å². The van der Waals surface area contributed by atoms with E-state index >= 15 is 0 Å². The van der Waals surface area contributed by atoms with Crippen molar-refractivity contribution in [2.24, 2.45) is 5.92 Å². The minimum atomic E-state index is -1.33. The number of ether oxygens (including phenoxy) is 3. The van der Waals surface area contributed by atoms with E-state index in [0.717, 1.165) is 16.3 Å². The van der Waals surface area contributed by atoms with Gasteiger partial charge >= 0.3 is 5.97 Å². The Morgan fingerprint density at radius 1 is 1.12 bits per heavy atom. The van der Waals surface area contributed by atoms with Gasteiger partial charge in [-0.25, -0.2) is 14.8 Å². The highest BCUT2D eigenvalue weighted by atomic mass is 32.1. The molecule has 4 rings (SSSR count). The Hall–Kier alpha value is -2.82. The molecule has 1 fully saturated rings. The molecule has 1 amide bonds. The number of hydrogen-bond donors (Lipinski definition) is 0. The largest absolute Gasteiger partial charge is 0.496 e. The van der Waals surface area contributed by atoms with Crippen LogP contribution < -0.4 is 4.74 Å². The van der Waals surface area contributed by atoms with Crippen molar-refractivity contribution in [2.75, 3.05) is 20.8 Å². The zero-order valence-electron chi connectivity index (χ0n) is 24.5. The highest BCUT2D eigenvalue weighted by Crippen LogP contribution is 2.51. The molecule has 10 heteroatoms. The van der Waals surface area contributed by atoms with Gasteiger partial charge in [0.05, 0.1) is 31.0 Å². The van der Waals surface area contributed by atoms with Crippen LogP contribution in [0.5, 0.6) is 5.75 Å². The van der Waals surface area contributed by atoms with Gasteiger partial charge < -0.3 is 19.1 Å². The van der Waals surface area contributed by atoms with Gasteiger partial charge in [-0.2, -0.15) is 0 Å². The Morgan fingerprint density at radius 3 is 2.42 bits per heavy atom. The Morgan fingerprint density at radius 2 is 1.88 bits per heavy atom. The summed E-state index contributed by atoms with van der Waals surface area (Å²) in [5.41, 5.74) is 1.62. The Balaban J connectivity index is 1.93. The molecule has 2 aromatic heterocycles. The fourth-order valence-corrected chi connectivity index (χ4v) is 6.87. The van der Waals surface area contributed by atoms with Gasteiger partial charge in [0.25, 0.3) is 5.91 Å². The van der Waals surface area contributed by atoms with E-state index in [-0.39, 0.29) is 23.7 Å². The molecule has 0 spiro atoms. The van der Waals surface area contributed by atoms with Crippen LogP contribution in [-0.2, 0) is 26.1 Å². The SMILES string of the molecule is COC[C@H]1C[C@@](Cc2cscn2)(C(=O)OC(C)(C)C)N(C(=O)c2ccc(C(C)(C)C)c(OC)c2)[C@H]1c1nccs1. The predicted molar refractivity (Wildman–Crippen MR) is 157 cm³/mol. The van der Waals surface area contributed by atoms with Crippen molar-refractivity contribution in [1.29, 1.82) is 0 Å². The average Bonchev–Trinajstić information content (AvgIpc) is 3.63. The summed E-state index contributed by atoms with van der Waals surface area (Å²) in [6, 6.07) is 5.03. The summed E-state index contributed by atoms with van der Waals surface area (Å²) in [4.78, 5) is 39.9. The van der Waals surface area contributed by atoms with Crippen LogP contribution in [0.4, 0.5) is 0 Å². The lowest BCUT2D eigenvalue weighted by molar-refractivity contribution is -0.167. The van der Waals surface area contributed by atoms with Gasteiger partial charge in [-0.05, 0) is 50.3 Å². The number of hydrogen-bond acceptors (Lipinski definition) is 9. The maximum atomic E-state index is 14.7. The quantitative estimate of drug-likeness (QED) is 0.296. The summed E-state index contributed by atoms with van der Waals surface area (Å²) >= 11 is 2.91. The minimum absolute atomic E-state index is 0.182. The van der Waals surface area contributed by atoms with Gasteiger partial charge in [0.1, 0.15) is 21.9 Å². The van der Waals surface area contributed by atoms with Gasteiger partial charge in [0, 0.05) is 42.0 Å². The van der Waals surface area contributed by atoms with E-state index in [9.17, 15) is 9.59 Å². The molecule has 1 saturated heterocycles. The number of aromatic nitrogens is 2. The lowest BCUT2D eigenvalue weighted by Gasteiger charge is -2.40. The van der Waals surface area contributed by atoms with E-state index < -0.39 is 23.2 Å². The molecule has 1 aliphatic rings. The van der Waals surface area contributed by atoms with Crippen LogP contribution in [0.25, 0.3) is 0 Å². The predicted octanol–water partition coefficient (Wildman–Crippen LogP) is 6.08. The van der Waals surface area contributed by atoms with Crippen molar-refractivity contribution in [3.63, 3.8) is 0 Å². The Bertz CT molecular complexity index is 1310. The molecule has 0 N–H and O–H groups in total. The van der Waals surface area contributed by atoms with Crippen molar-refractivity contribution < 1.29 is 23.8 Å². The molecule has 1 aromatic carbocycles. The topological polar surface area (TPSA) is 90.9 Å². The Labute approximate surface area is 244 Å². The van der Waals surface area contributed by atoms with E-state index in [1.165, 1.54) is 22.7 Å². The van der Waals surface area contributed by atoms with Crippen LogP contribution in [0.15, 0.2) is 40.7 Å². The van der Waals surface area contributed by atoms with Gasteiger partial charge in [-0.1, -0.05) is 26.8 Å². The molecule has 40 heavy (non-hydrogen) atoms. The number of benzene rings is 1. The number of likely N-dealkylation sites (tertiary alicyclic amines) is 1. The van der Waals surface area contributed by atoms with Crippen molar-refractivity contribution in [1.82, 2.24) is 14.9 Å². The summed E-state index contributed by atoms with van der Waals surface area (Å²) in [6.07, 6.45) is 2.29. The summed E-state index contributed by atoms with van der Waals surface area (Å²) < 4.78 is 17.4. The molecular formula is C30H39N3O5S2. The number of thiazole rings is 2. The Kier molecular flexibility index (Phi) is 8.73. The monoisotopic (exact) mass is 585 g/mol. The van der Waals surface area contributed by atoms with Crippen LogP contribution in [0.1, 0.15) is 80.6 Å². The number of carbonyl (C=O) groups is 2. The number of rotatable bonds is 8. The van der Waals surface area contributed by atoms with Crippen LogP contribution in [0, 0.1) is 5.92 Å². The molecule has 0 aliphatic carbocycles. The number of methoxy groups -OCH3 is 2. The first kappa shape index (κ1) is 30.1. The second kappa shape index (κ2) is 11.6. The van der Waals surface area contributed by atoms with Crippen molar-refractivity contribution in [3.05, 3.63) is 62.5 Å². The van der Waals surface area contributed by atoms with Crippen molar-refractivity contribution in [3.8, 4) is 5.75 Å². The van der Waals surface area contributed by atoms with Crippen LogP contribution in [-0.4, -0.2) is 58.7 Å². The molecule has 0 saturated carbocycles. The second-order valence-corrected chi connectivity index (χ2v) is 13.9. The molecule has 3 heterocycles. The van der Waals surface area contributed by atoms with E-state index in [0.29, 0.717) is 24.3 Å². The molecule has 3 atom stereocenters. The van der Waals surface area contributed by atoms with Gasteiger partial charge in [-0.3, -0.25) is 4.79 Å². The third kappa shape index (κ3) is 6.09. The third-order valence-electron chi connectivity index (χ3n) is 7.08. The van der Waals surface area contributed by atoms with E-state index in [1.54, 1.807) is 36.9 Å². The van der Waals surface area contributed by atoms with Crippen molar-refractivity contribution in [2.45, 2.75) is 77.0 Å². The molecular weight excluding hydrogens is 546 g/mol. The number of carbonyl (C=O) groups excluding carboxylic acids is 2. The van der Waals surface area contributed by atoms with Gasteiger partial charge in [0.2, 0.25) is 0 Å². The number of esters is 1. The van der Waals surface area contributed by atoms with Crippen LogP contribution in [0.3, 0.4) is 0 Å². The average molecular weight is 586 g/mol. The fraction of sp³-hybridized carbons (Fsp3) is 0.533. The van der Waals surface area contributed by atoms with Gasteiger partial charge in [0.15, 0.2) is 0 Å². The highest BCUT2D eigenvalue weighted by molar-refractivity contribution is 7.09. The first-order valence-corrected chi connectivity index (χ1v) is 15.1. The fourth-order valence-electron chi connectivity index (χ4n) is 5.49. The second-order valence-electron chi connectivity index (χ2n) is 12.3. The van der Waals surface area contributed by atoms with E-state index in [1.807, 2.05) is 43.7 Å². The minimum Gasteiger partial charge on any atom is -0.496 e. The molecule has 8 nitrogen and oxygen atoms in total. The summed E-state index contributed by atoms with van der Waals surface area (Å²) in [7, 11) is 3.24. The summed E-state index contributed by atoms with van der Waals surface area (Å²) in [5, 5.41) is 4.55. The van der Waals surface area contributed by atoms with Crippen molar-refractivity contribution >= 4 is 34.6 Å². The number of amides is 1. The first-order valence-electron chi connectivity index (χ1n) is 13.3. The van der Waals surface area contributed by atoms with Crippen LogP contribution >= 0.6 is 22.7 Å². The van der Waals surface area contributed by atoms with Gasteiger partial charge in [-0.15, -0.1) is 22.7 Å². The lowest BCUT2D eigenvalue weighted by Crippen LogP contribution is -2.57. The normalized spacial score (nSPS) is 21.4. The first-order chi connectivity index (χ1) is 18.8. The maximum Gasteiger partial charge on any atom is 0.333 e. The van der Waals surface area contributed by atoms with E-state index in [2.05, 4.69) is 30.7 Å². The molecule has 3 aromatic rings. The molecule has 0 unspecified atom stereocenters. The molecule has 216 valence electrons. The molecule has 0 bridgehead atoms. The zero-order chi connectivity index (χ0) is 29.3. The summed E-state index contributed by atoms with van der Waals surface area (Å²) in [5.74, 6) is -0.320. The zero-order valence-corrected chi connectivity index (χ0v) is 26.1. The maximum absolute atomic E-state index is 14.7. The summed E-state index contributed by atoms with van der Waals surface area (Å²) in [6.45, 7) is 12.2. The molecule has 0 radical (unpaired) electrons. The van der Waals surface area contributed by atoms with Crippen LogP contribution in [0.2, 0.25) is 0 Å².